The van der Waals surface area contributed by atoms with Gasteiger partial charge in [0.25, 0.3) is 0 Å². The van der Waals surface area contributed by atoms with Crippen molar-refractivity contribution in [3.63, 3.8) is 0 Å². The molecule has 4 nitrogen and oxygen atoms in total. The maximum absolute atomic E-state index is 11.7. The molecule has 0 aromatic heterocycles. The minimum absolute atomic E-state index is 0.0376. The van der Waals surface area contributed by atoms with Gasteiger partial charge < -0.3 is 9.53 Å². The van der Waals surface area contributed by atoms with Gasteiger partial charge in [0.2, 0.25) is 0 Å². The monoisotopic (exact) mass is 304 g/mol. The van der Waals surface area contributed by atoms with Crippen LogP contribution in [0.25, 0.3) is 0 Å². The van der Waals surface area contributed by atoms with E-state index in [1.165, 1.54) is 6.92 Å². The van der Waals surface area contributed by atoms with Crippen LogP contribution in [0, 0.1) is 5.92 Å². The molecule has 0 spiro atoms. The molecule has 0 bridgehead atoms. The average molecular weight is 304 g/mol. The molecule has 0 saturated heterocycles. The summed E-state index contributed by atoms with van der Waals surface area (Å²) >= 11 is 0. The van der Waals surface area contributed by atoms with Crippen LogP contribution in [0.3, 0.4) is 0 Å². The van der Waals surface area contributed by atoms with E-state index < -0.39 is 0 Å². The van der Waals surface area contributed by atoms with E-state index in [4.69, 9.17) is 4.74 Å². The highest BCUT2D eigenvalue weighted by molar-refractivity contribution is 5.82. The van der Waals surface area contributed by atoms with Crippen molar-refractivity contribution in [1.29, 1.82) is 0 Å². The summed E-state index contributed by atoms with van der Waals surface area (Å²) in [5.41, 5.74) is 1.86. The van der Waals surface area contributed by atoms with Crippen LogP contribution in [0.5, 0.6) is 0 Å². The summed E-state index contributed by atoms with van der Waals surface area (Å²) in [7, 11) is 0. The van der Waals surface area contributed by atoms with Crippen molar-refractivity contribution in [1.82, 2.24) is 0 Å². The number of esters is 1. The zero-order valence-electron chi connectivity index (χ0n) is 13.6. The first kappa shape index (κ1) is 18.1. The molecule has 0 fully saturated rings. The molecule has 0 atom stereocenters. The third kappa shape index (κ3) is 7.16. The van der Waals surface area contributed by atoms with Gasteiger partial charge in [-0.25, -0.2) is 0 Å². The predicted octanol–water partition coefficient (Wildman–Crippen LogP) is 3.26. The largest absolute Gasteiger partial charge is 0.461 e. The number of Topliss-reactive ketones (excluding diaryl/α,β-unsaturated/α-hetero) is 2. The van der Waals surface area contributed by atoms with Gasteiger partial charge in [-0.05, 0) is 24.5 Å². The molecule has 0 radical (unpaired) electrons. The fourth-order valence-electron chi connectivity index (χ4n) is 1.88. The lowest BCUT2D eigenvalue weighted by Crippen LogP contribution is -2.10. The number of hydrogen-bond donors (Lipinski definition) is 0. The summed E-state index contributed by atoms with van der Waals surface area (Å²) in [4.78, 5) is 34.0. The Morgan fingerprint density at radius 2 is 1.59 bits per heavy atom. The second-order valence-electron chi connectivity index (χ2n) is 5.83. The second-order valence-corrected chi connectivity index (χ2v) is 5.83. The molecule has 0 heterocycles. The zero-order valence-corrected chi connectivity index (χ0v) is 13.6. The van der Waals surface area contributed by atoms with Crippen molar-refractivity contribution in [3.8, 4) is 0 Å². The van der Waals surface area contributed by atoms with Crippen LogP contribution in [-0.2, 0) is 32.1 Å². The van der Waals surface area contributed by atoms with E-state index in [1.807, 2.05) is 38.1 Å². The Kier molecular flexibility index (Phi) is 7.50. The SMILES string of the molecule is CC(=O)CCCC(=O)OCc1ccc(CC(=O)C(C)C)cc1. The minimum Gasteiger partial charge on any atom is -0.461 e. The smallest absolute Gasteiger partial charge is 0.306 e. The highest BCUT2D eigenvalue weighted by Crippen LogP contribution is 2.10. The predicted molar refractivity (Wildman–Crippen MR) is 84.3 cm³/mol. The molecule has 0 N–H and O–H groups in total. The summed E-state index contributed by atoms with van der Waals surface area (Å²) in [6.07, 6.45) is 1.64. The first-order valence-corrected chi connectivity index (χ1v) is 7.64. The Labute approximate surface area is 131 Å². The molecule has 1 rings (SSSR count). The van der Waals surface area contributed by atoms with E-state index in [2.05, 4.69) is 0 Å². The van der Waals surface area contributed by atoms with Crippen molar-refractivity contribution in [3.05, 3.63) is 35.4 Å². The second kappa shape index (κ2) is 9.13. The summed E-state index contributed by atoms with van der Waals surface area (Å²) in [6, 6.07) is 7.51. The Morgan fingerprint density at radius 3 is 2.14 bits per heavy atom. The molecule has 1 aromatic rings. The summed E-state index contributed by atoms with van der Waals surface area (Å²) in [6.45, 7) is 5.51. The molecule has 0 amide bonds. The average Bonchev–Trinajstić information content (AvgIpc) is 2.46. The summed E-state index contributed by atoms with van der Waals surface area (Å²) < 4.78 is 5.15. The number of ketones is 2. The lowest BCUT2D eigenvalue weighted by Gasteiger charge is -2.07. The lowest BCUT2D eigenvalue weighted by molar-refractivity contribution is -0.145. The van der Waals surface area contributed by atoms with Crippen molar-refractivity contribution >= 4 is 17.5 Å². The topological polar surface area (TPSA) is 60.4 Å². The van der Waals surface area contributed by atoms with Crippen molar-refractivity contribution in [2.24, 2.45) is 5.92 Å². The van der Waals surface area contributed by atoms with E-state index in [9.17, 15) is 14.4 Å². The third-order valence-corrected chi connectivity index (χ3v) is 3.35. The number of benzene rings is 1. The normalized spacial score (nSPS) is 10.5. The first-order chi connectivity index (χ1) is 10.4. The Morgan fingerprint density at radius 1 is 1.00 bits per heavy atom. The molecule has 0 aliphatic heterocycles. The van der Waals surface area contributed by atoms with Gasteiger partial charge in [0, 0.05) is 25.2 Å². The molecule has 0 aliphatic carbocycles. The molecular weight excluding hydrogens is 280 g/mol. The summed E-state index contributed by atoms with van der Waals surface area (Å²) in [5, 5.41) is 0. The zero-order chi connectivity index (χ0) is 16.5. The number of carbonyl (C=O) groups is 3. The molecule has 0 saturated carbocycles. The quantitative estimate of drug-likeness (QED) is 0.657. The molecule has 22 heavy (non-hydrogen) atoms. The number of carbonyl (C=O) groups excluding carboxylic acids is 3. The van der Waals surface area contributed by atoms with Crippen LogP contribution in [0.4, 0.5) is 0 Å². The highest BCUT2D eigenvalue weighted by Gasteiger charge is 2.08. The van der Waals surface area contributed by atoms with Gasteiger partial charge in [-0.2, -0.15) is 0 Å². The fourth-order valence-corrected chi connectivity index (χ4v) is 1.88. The Bertz CT molecular complexity index is 514. The lowest BCUT2D eigenvalue weighted by atomic mass is 10.0. The molecule has 1 aromatic carbocycles. The highest BCUT2D eigenvalue weighted by atomic mass is 16.5. The van der Waals surface area contributed by atoms with Gasteiger partial charge in [0.1, 0.15) is 18.2 Å². The van der Waals surface area contributed by atoms with Crippen molar-refractivity contribution in [2.75, 3.05) is 0 Å². The molecule has 4 heteroatoms. The van der Waals surface area contributed by atoms with Crippen LogP contribution in [-0.4, -0.2) is 17.5 Å². The van der Waals surface area contributed by atoms with Gasteiger partial charge in [-0.15, -0.1) is 0 Å². The van der Waals surface area contributed by atoms with Gasteiger partial charge in [0.05, 0.1) is 0 Å². The number of hydrogen-bond acceptors (Lipinski definition) is 4. The number of rotatable bonds is 9. The van der Waals surface area contributed by atoms with Crippen LogP contribution in [0.1, 0.15) is 51.2 Å². The van der Waals surface area contributed by atoms with Crippen LogP contribution in [0.15, 0.2) is 24.3 Å². The van der Waals surface area contributed by atoms with Gasteiger partial charge in [0.15, 0.2) is 0 Å². The molecule has 0 aliphatic rings. The maximum Gasteiger partial charge on any atom is 0.306 e. The van der Waals surface area contributed by atoms with Gasteiger partial charge in [-0.1, -0.05) is 38.1 Å². The standard InChI is InChI=1S/C18H24O4/c1-13(2)17(20)11-15-7-9-16(10-8-15)12-22-18(21)6-4-5-14(3)19/h7-10,13H,4-6,11-12H2,1-3H3. The van der Waals surface area contributed by atoms with E-state index in [0.717, 1.165) is 11.1 Å². The van der Waals surface area contributed by atoms with E-state index in [-0.39, 0.29) is 36.5 Å². The summed E-state index contributed by atoms with van der Waals surface area (Å²) in [5.74, 6) is 0.0416. The van der Waals surface area contributed by atoms with E-state index in [1.54, 1.807) is 0 Å². The van der Waals surface area contributed by atoms with Gasteiger partial charge >= 0.3 is 5.97 Å². The third-order valence-electron chi connectivity index (χ3n) is 3.35. The van der Waals surface area contributed by atoms with Crippen molar-refractivity contribution < 1.29 is 19.1 Å². The van der Waals surface area contributed by atoms with Crippen LogP contribution < -0.4 is 0 Å². The van der Waals surface area contributed by atoms with Crippen LogP contribution in [0.2, 0.25) is 0 Å². The number of ether oxygens (including phenoxy) is 1. The Balaban J connectivity index is 2.36. The van der Waals surface area contributed by atoms with E-state index in [0.29, 0.717) is 19.3 Å². The minimum atomic E-state index is -0.291. The van der Waals surface area contributed by atoms with E-state index >= 15 is 0 Å². The molecular formula is C18H24O4. The first-order valence-electron chi connectivity index (χ1n) is 7.64. The maximum atomic E-state index is 11.7. The van der Waals surface area contributed by atoms with Crippen LogP contribution >= 0.6 is 0 Å². The molecule has 120 valence electrons. The van der Waals surface area contributed by atoms with Crippen molar-refractivity contribution in [2.45, 2.75) is 53.1 Å². The van der Waals surface area contributed by atoms with Gasteiger partial charge in [-0.3, -0.25) is 9.59 Å². The molecule has 0 unspecified atom stereocenters. The fraction of sp³-hybridized carbons (Fsp3) is 0.500. The Hall–Kier alpha value is -1.97.